The quantitative estimate of drug-likeness (QED) is 0.367. The van der Waals surface area contributed by atoms with Crippen LogP contribution in [-0.2, 0) is 11.3 Å². The van der Waals surface area contributed by atoms with Crippen LogP contribution in [-0.4, -0.2) is 17.4 Å². The Hall–Kier alpha value is -2.04. The molecule has 92 valence electrons. The van der Waals surface area contributed by atoms with Crippen LogP contribution >= 0.6 is 0 Å². The third-order valence-electron chi connectivity index (χ3n) is 2.09. The van der Waals surface area contributed by atoms with Gasteiger partial charge >= 0.3 is 5.63 Å². The lowest BCUT2D eigenvalue weighted by Gasteiger charge is -2.03. The average molecular weight is 237 g/mol. The Labute approximate surface area is 99.0 Å². The molecule has 0 fully saturated rings. The molecule has 0 radical (unpaired) electrons. The number of aryl methyl sites for hydroxylation is 1. The summed E-state index contributed by atoms with van der Waals surface area (Å²) in [6, 6.07) is 1.41. The van der Waals surface area contributed by atoms with E-state index in [0.717, 1.165) is 0 Å². The topological polar surface area (TPSA) is 72.0 Å². The second kappa shape index (κ2) is 5.89. The summed E-state index contributed by atoms with van der Waals surface area (Å²) in [5, 5.41) is 13.4. The smallest absolute Gasteiger partial charge is 0.348 e. The van der Waals surface area contributed by atoms with Crippen molar-refractivity contribution in [2.75, 3.05) is 6.61 Å². The molecule has 5 heteroatoms. The monoisotopic (exact) mass is 237 g/mol. The number of oxime groups is 1. The van der Waals surface area contributed by atoms with Crippen molar-refractivity contribution in [2.45, 2.75) is 20.3 Å². The van der Waals surface area contributed by atoms with Gasteiger partial charge in [-0.2, -0.15) is 0 Å². The van der Waals surface area contributed by atoms with Crippen LogP contribution in [0, 0.1) is 0 Å². The SMILES string of the molecule is C=CCON=C(C)c1c(O)cc(CC)oc1=O. The van der Waals surface area contributed by atoms with E-state index in [-0.39, 0.29) is 23.6 Å². The molecule has 0 aromatic carbocycles. The molecule has 0 bridgehead atoms. The molecule has 0 saturated heterocycles. The first-order chi connectivity index (χ1) is 8.10. The zero-order chi connectivity index (χ0) is 12.8. The van der Waals surface area contributed by atoms with Crippen molar-refractivity contribution in [3.63, 3.8) is 0 Å². The molecule has 1 N–H and O–H groups in total. The van der Waals surface area contributed by atoms with Gasteiger partial charge in [0.2, 0.25) is 0 Å². The van der Waals surface area contributed by atoms with Gasteiger partial charge in [0.05, 0.1) is 5.71 Å². The van der Waals surface area contributed by atoms with Crippen molar-refractivity contribution in [1.29, 1.82) is 0 Å². The Kier molecular flexibility index (Phi) is 4.51. The highest BCUT2D eigenvalue weighted by atomic mass is 16.6. The minimum atomic E-state index is -0.620. The van der Waals surface area contributed by atoms with E-state index in [1.54, 1.807) is 6.92 Å². The highest BCUT2D eigenvalue weighted by Crippen LogP contribution is 2.16. The Bertz CT molecular complexity index is 488. The van der Waals surface area contributed by atoms with E-state index in [4.69, 9.17) is 9.25 Å². The molecule has 1 rings (SSSR count). The molecule has 0 aliphatic heterocycles. The van der Waals surface area contributed by atoms with Crippen LogP contribution < -0.4 is 5.63 Å². The summed E-state index contributed by atoms with van der Waals surface area (Å²) in [6.45, 7) is 7.08. The standard InChI is InChI=1S/C12H15NO4/c1-4-6-16-13-8(3)11-10(14)7-9(5-2)17-12(11)15/h4,7,14H,1,5-6H2,2-3H3. The average Bonchev–Trinajstić information content (AvgIpc) is 2.28. The van der Waals surface area contributed by atoms with E-state index in [0.29, 0.717) is 12.2 Å². The summed E-state index contributed by atoms with van der Waals surface area (Å²) in [5.74, 6) is 0.276. The van der Waals surface area contributed by atoms with Crippen LogP contribution in [0.4, 0.5) is 0 Å². The third-order valence-corrected chi connectivity index (χ3v) is 2.09. The van der Waals surface area contributed by atoms with Crippen LogP contribution in [0.15, 0.2) is 33.1 Å². The van der Waals surface area contributed by atoms with Crippen LogP contribution in [0.5, 0.6) is 5.75 Å². The number of hydrogen-bond acceptors (Lipinski definition) is 5. The third kappa shape index (κ3) is 3.21. The highest BCUT2D eigenvalue weighted by Gasteiger charge is 2.13. The summed E-state index contributed by atoms with van der Waals surface area (Å²) in [5.41, 5.74) is -0.336. The van der Waals surface area contributed by atoms with Gasteiger partial charge in [-0.05, 0) is 6.92 Å². The molecule has 1 heterocycles. The van der Waals surface area contributed by atoms with Crippen LogP contribution in [0.25, 0.3) is 0 Å². The maximum Gasteiger partial charge on any atom is 0.348 e. The van der Waals surface area contributed by atoms with E-state index in [1.165, 1.54) is 12.1 Å². The normalized spacial score (nSPS) is 11.3. The fourth-order valence-corrected chi connectivity index (χ4v) is 1.27. The lowest BCUT2D eigenvalue weighted by Crippen LogP contribution is -2.14. The van der Waals surface area contributed by atoms with Gasteiger partial charge in [0.15, 0.2) is 0 Å². The molecular formula is C12H15NO4. The van der Waals surface area contributed by atoms with E-state index in [2.05, 4.69) is 11.7 Å². The Morgan fingerprint density at radius 3 is 2.94 bits per heavy atom. The molecule has 17 heavy (non-hydrogen) atoms. The summed E-state index contributed by atoms with van der Waals surface area (Å²) in [7, 11) is 0. The molecule has 0 amide bonds. The van der Waals surface area contributed by atoms with Gasteiger partial charge in [-0.3, -0.25) is 0 Å². The molecule has 1 aromatic rings. The summed E-state index contributed by atoms with van der Waals surface area (Å²) in [4.78, 5) is 16.5. The van der Waals surface area contributed by atoms with Gasteiger partial charge in [0.1, 0.15) is 23.7 Å². The van der Waals surface area contributed by atoms with Crippen molar-refractivity contribution in [1.82, 2.24) is 0 Å². The minimum absolute atomic E-state index is 0.0197. The largest absolute Gasteiger partial charge is 0.507 e. The predicted octanol–water partition coefficient (Wildman–Crippen LogP) is 1.83. The molecule has 0 saturated carbocycles. The van der Waals surface area contributed by atoms with Gasteiger partial charge in [-0.15, -0.1) is 0 Å². The fourth-order valence-electron chi connectivity index (χ4n) is 1.27. The first-order valence-electron chi connectivity index (χ1n) is 5.24. The van der Waals surface area contributed by atoms with Crippen molar-refractivity contribution in [3.8, 4) is 5.75 Å². The van der Waals surface area contributed by atoms with E-state index < -0.39 is 5.63 Å². The molecule has 0 unspecified atom stereocenters. The van der Waals surface area contributed by atoms with Crippen LogP contribution in [0.1, 0.15) is 25.2 Å². The first-order valence-corrected chi connectivity index (χ1v) is 5.24. The second-order valence-electron chi connectivity index (χ2n) is 3.38. The van der Waals surface area contributed by atoms with Crippen molar-refractivity contribution >= 4 is 5.71 Å². The zero-order valence-corrected chi connectivity index (χ0v) is 9.90. The molecule has 0 atom stereocenters. The number of hydrogen-bond donors (Lipinski definition) is 1. The van der Waals surface area contributed by atoms with Crippen LogP contribution in [0.3, 0.4) is 0 Å². The Morgan fingerprint density at radius 2 is 2.41 bits per heavy atom. The van der Waals surface area contributed by atoms with Gasteiger partial charge in [0.25, 0.3) is 0 Å². The maximum atomic E-state index is 11.6. The second-order valence-corrected chi connectivity index (χ2v) is 3.38. The van der Waals surface area contributed by atoms with Crippen molar-refractivity contribution in [2.24, 2.45) is 5.16 Å². The number of nitrogens with zero attached hydrogens (tertiary/aromatic N) is 1. The molecule has 0 spiro atoms. The van der Waals surface area contributed by atoms with Crippen molar-refractivity contribution in [3.05, 3.63) is 40.5 Å². The molecule has 0 aliphatic rings. The fraction of sp³-hybridized carbons (Fsp3) is 0.333. The van der Waals surface area contributed by atoms with Crippen molar-refractivity contribution < 1.29 is 14.4 Å². The lowest BCUT2D eigenvalue weighted by molar-refractivity contribution is 0.174. The van der Waals surface area contributed by atoms with Crippen LogP contribution in [0.2, 0.25) is 0 Å². The van der Waals surface area contributed by atoms with Gasteiger partial charge < -0.3 is 14.4 Å². The number of aromatic hydroxyl groups is 1. The highest BCUT2D eigenvalue weighted by molar-refractivity contribution is 6.00. The Morgan fingerprint density at radius 1 is 1.71 bits per heavy atom. The predicted molar refractivity (Wildman–Crippen MR) is 64.4 cm³/mol. The van der Waals surface area contributed by atoms with E-state index in [9.17, 15) is 9.90 Å². The summed E-state index contributed by atoms with van der Waals surface area (Å²) in [6.07, 6.45) is 2.06. The summed E-state index contributed by atoms with van der Waals surface area (Å²) < 4.78 is 4.99. The van der Waals surface area contributed by atoms with Gasteiger partial charge in [-0.25, -0.2) is 4.79 Å². The van der Waals surface area contributed by atoms with Gasteiger partial charge in [-0.1, -0.05) is 24.7 Å². The molecule has 1 aromatic heterocycles. The van der Waals surface area contributed by atoms with Gasteiger partial charge in [0, 0.05) is 12.5 Å². The molecular weight excluding hydrogens is 222 g/mol. The minimum Gasteiger partial charge on any atom is -0.507 e. The zero-order valence-electron chi connectivity index (χ0n) is 9.90. The van der Waals surface area contributed by atoms with E-state index >= 15 is 0 Å². The van der Waals surface area contributed by atoms with E-state index in [1.807, 2.05) is 6.92 Å². The summed E-state index contributed by atoms with van der Waals surface area (Å²) >= 11 is 0. The maximum absolute atomic E-state index is 11.6. The molecule has 0 aliphatic carbocycles. The Balaban J connectivity index is 3.09. The first kappa shape index (κ1) is 13.0. The lowest BCUT2D eigenvalue weighted by atomic mass is 10.1. The molecule has 5 nitrogen and oxygen atoms in total. The number of rotatable bonds is 5.